The Balaban J connectivity index is 0. The third-order valence-corrected chi connectivity index (χ3v) is 1.73. The van der Waals surface area contributed by atoms with Crippen LogP contribution in [0.5, 0.6) is 0 Å². The first-order valence-electron chi connectivity index (χ1n) is 2.83. The SMILES string of the molecule is CC[S+](C)C.[F][Sb-]([F])([F])([F])([F])[F]. The molecule has 0 radical (unpaired) electrons. The van der Waals surface area contributed by atoms with Gasteiger partial charge in [0.15, 0.2) is 0 Å². The van der Waals surface area contributed by atoms with Crippen molar-refractivity contribution in [2.45, 2.75) is 6.92 Å². The van der Waals surface area contributed by atoms with E-state index in [-0.39, 0.29) is 0 Å². The van der Waals surface area contributed by atoms with E-state index in [1.54, 1.807) is 0 Å². The van der Waals surface area contributed by atoms with Crippen LogP contribution in [0.3, 0.4) is 0 Å². The van der Waals surface area contributed by atoms with Crippen LogP contribution in [0.15, 0.2) is 0 Å². The van der Waals surface area contributed by atoms with Crippen molar-refractivity contribution in [1.82, 2.24) is 0 Å². The molecule has 0 amide bonds. The van der Waals surface area contributed by atoms with Crippen LogP contribution in [0.25, 0.3) is 0 Å². The maximum absolute atomic E-state index is 11.2. The van der Waals surface area contributed by atoms with E-state index in [2.05, 4.69) is 19.4 Å². The van der Waals surface area contributed by atoms with Crippen LogP contribution in [0.2, 0.25) is 0 Å². The van der Waals surface area contributed by atoms with Gasteiger partial charge in [-0.05, 0) is 17.8 Å². The van der Waals surface area contributed by atoms with Gasteiger partial charge in [0, 0.05) is 0 Å². The molecule has 0 aliphatic heterocycles. The molecular weight excluding hydrogens is 316 g/mol. The summed E-state index contributed by atoms with van der Waals surface area (Å²) in [6.45, 7) is 2.21. The Hall–Kier alpha value is 0.748. The summed E-state index contributed by atoms with van der Waals surface area (Å²) < 4.78 is 59.6. The van der Waals surface area contributed by atoms with E-state index in [1.165, 1.54) is 5.75 Å². The zero-order valence-electron chi connectivity index (χ0n) is 6.83. The molecule has 12 heavy (non-hydrogen) atoms. The monoisotopic (exact) mass is 326 g/mol. The van der Waals surface area contributed by atoms with Crippen LogP contribution in [0.4, 0.5) is 16.9 Å². The van der Waals surface area contributed by atoms with Gasteiger partial charge in [-0.1, -0.05) is 0 Å². The number of hydrogen-bond acceptors (Lipinski definition) is 0. The van der Waals surface area contributed by atoms with E-state index < -0.39 is 19.5 Å². The summed E-state index contributed by atoms with van der Waals surface area (Å²) in [4.78, 5) is 0. The average molecular weight is 327 g/mol. The molecule has 0 heterocycles. The van der Waals surface area contributed by atoms with Gasteiger partial charge < -0.3 is 0 Å². The topological polar surface area (TPSA) is 0 Å². The van der Waals surface area contributed by atoms with Gasteiger partial charge in [0.25, 0.3) is 0 Å². The second kappa shape index (κ2) is 3.48. The summed E-state index contributed by atoms with van der Waals surface area (Å²) in [7, 11) is 0.677. The van der Waals surface area contributed by atoms with E-state index >= 15 is 0 Å². The molecule has 0 saturated carbocycles. The molecule has 0 unspecified atom stereocenters. The van der Waals surface area contributed by atoms with Crippen molar-refractivity contribution in [2.75, 3.05) is 18.3 Å². The Kier molecular flexibility index (Phi) is 4.42. The molecule has 0 spiro atoms. The Morgan fingerprint density at radius 3 is 1.00 bits per heavy atom. The first kappa shape index (κ1) is 15.2. The fraction of sp³-hybridized carbons (Fsp3) is 1.00. The average Bonchev–Trinajstić information content (AvgIpc) is 1.56. The van der Waals surface area contributed by atoms with Crippen LogP contribution in [0.1, 0.15) is 6.92 Å². The molecule has 0 bridgehead atoms. The van der Waals surface area contributed by atoms with Crippen molar-refractivity contribution in [3.8, 4) is 0 Å². The van der Waals surface area contributed by atoms with Crippen LogP contribution in [-0.2, 0) is 10.9 Å². The summed E-state index contributed by atoms with van der Waals surface area (Å²) in [5.74, 6) is 1.33. The standard InChI is InChI=1S/C4H11S.6FH.Sb/c1-4-5(2)3;;;;;;;/h4H2,1-3H3;6*1H;/q+1;;;;;;;+5/p-6. The zero-order valence-corrected chi connectivity index (χ0v) is 10.2. The molecule has 0 rings (SSSR count). The van der Waals surface area contributed by atoms with Crippen molar-refractivity contribution in [1.29, 1.82) is 0 Å². The van der Waals surface area contributed by atoms with E-state index in [4.69, 9.17) is 0 Å². The summed E-state index contributed by atoms with van der Waals surface area (Å²) in [5, 5.41) is 0. The second-order valence-corrected chi connectivity index (χ2v) is 10.3. The Morgan fingerprint density at radius 1 is 0.917 bits per heavy atom. The molecule has 0 aromatic heterocycles. The maximum atomic E-state index is 9.93. The fourth-order valence-electron chi connectivity index (χ4n) is 0. The van der Waals surface area contributed by atoms with Gasteiger partial charge in [0.2, 0.25) is 0 Å². The summed E-state index contributed by atoms with van der Waals surface area (Å²) in [6, 6.07) is 0. The quantitative estimate of drug-likeness (QED) is 0.395. The third kappa shape index (κ3) is 135. The van der Waals surface area contributed by atoms with E-state index in [9.17, 15) is 16.9 Å². The molecule has 80 valence electrons. The molecule has 0 aromatic carbocycles. The molecule has 0 saturated heterocycles. The molecular formula is C4H11F6SSb. The van der Waals surface area contributed by atoms with Crippen molar-refractivity contribution in [2.24, 2.45) is 0 Å². The van der Waals surface area contributed by atoms with Crippen LogP contribution in [-0.4, -0.2) is 37.7 Å². The van der Waals surface area contributed by atoms with Crippen molar-refractivity contribution in [3.05, 3.63) is 0 Å². The number of rotatable bonds is 1. The third-order valence-electron chi connectivity index (χ3n) is 0.577. The molecule has 0 aromatic rings. The molecule has 8 heteroatoms. The van der Waals surface area contributed by atoms with Gasteiger partial charge in [-0.15, -0.1) is 0 Å². The van der Waals surface area contributed by atoms with Gasteiger partial charge in [-0.3, -0.25) is 0 Å². The van der Waals surface area contributed by atoms with Crippen molar-refractivity contribution >= 4 is 30.4 Å². The van der Waals surface area contributed by atoms with Crippen molar-refractivity contribution < 1.29 is 16.9 Å². The molecule has 0 N–H and O–H groups in total. The first-order chi connectivity index (χ1) is 4.72. The van der Waals surface area contributed by atoms with Crippen LogP contribution < -0.4 is 0 Å². The van der Waals surface area contributed by atoms with Gasteiger partial charge in [-0.25, -0.2) is 0 Å². The van der Waals surface area contributed by atoms with Crippen LogP contribution >= 0.6 is 0 Å². The predicted molar refractivity (Wildman–Crippen MR) is 42.2 cm³/mol. The summed E-state index contributed by atoms with van der Waals surface area (Å²) >= 11 is -11.2. The van der Waals surface area contributed by atoms with E-state index in [0.29, 0.717) is 10.9 Å². The summed E-state index contributed by atoms with van der Waals surface area (Å²) in [6.07, 6.45) is 4.50. The van der Waals surface area contributed by atoms with Gasteiger partial charge in [-0.2, -0.15) is 0 Å². The minimum absolute atomic E-state index is 0.677. The molecule has 0 nitrogen and oxygen atoms in total. The molecule has 0 aliphatic rings. The van der Waals surface area contributed by atoms with Gasteiger partial charge in [0.1, 0.15) is 5.75 Å². The second-order valence-electron chi connectivity index (χ2n) is 2.23. The molecule has 0 fully saturated rings. The normalized spacial score (nSPS) is 17.5. The zero-order chi connectivity index (χ0) is 10.7. The fourth-order valence-corrected chi connectivity index (χ4v) is 0. The van der Waals surface area contributed by atoms with E-state index in [1.807, 2.05) is 0 Å². The minimum atomic E-state index is -11.2. The Morgan fingerprint density at radius 2 is 1.00 bits per heavy atom. The number of halogens is 6. The van der Waals surface area contributed by atoms with Crippen molar-refractivity contribution in [3.63, 3.8) is 0 Å². The van der Waals surface area contributed by atoms with Crippen LogP contribution in [0, 0.1) is 0 Å². The molecule has 0 aliphatic carbocycles. The Labute approximate surface area is 72.6 Å². The Bertz CT molecular complexity index is 120. The molecule has 0 atom stereocenters. The van der Waals surface area contributed by atoms with Gasteiger partial charge >= 0.3 is 36.4 Å². The summed E-state index contributed by atoms with van der Waals surface area (Å²) in [5.41, 5.74) is 0. The van der Waals surface area contributed by atoms with E-state index in [0.717, 1.165) is 0 Å². The number of hydrogen-bond donors (Lipinski definition) is 0. The first-order valence-corrected chi connectivity index (χ1v) is 10.8. The predicted octanol–water partition coefficient (Wildman–Crippen LogP) is 3.02. The van der Waals surface area contributed by atoms with Gasteiger partial charge in [0.05, 0.1) is 12.5 Å².